The molecule has 164 valence electrons. The average Bonchev–Trinajstić information content (AvgIpc) is 3.28. The molecule has 2 aliphatic carbocycles. The summed E-state index contributed by atoms with van der Waals surface area (Å²) in [6.45, 7) is 0. The maximum Gasteiger partial charge on any atom is 0.214 e. The van der Waals surface area contributed by atoms with Crippen LogP contribution in [-0.2, 0) is 6.42 Å². The van der Waals surface area contributed by atoms with Gasteiger partial charge >= 0.3 is 0 Å². The van der Waals surface area contributed by atoms with Crippen molar-refractivity contribution in [3.63, 3.8) is 0 Å². The van der Waals surface area contributed by atoms with E-state index in [2.05, 4.69) is 48.2 Å². The van der Waals surface area contributed by atoms with Crippen LogP contribution in [0.2, 0.25) is 0 Å². The number of nitrogens with zero attached hydrogens (tertiary/aromatic N) is 2. The lowest BCUT2D eigenvalue weighted by Gasteiger charge is -2.35. The summed E-state index contributed by atoms with van der Waals surface area (Å²) in [6.07, 6.45) is 13.1. The highest BCUT2D eigenvalue weighted by atomic mass is 79.9. The van der Waals surface area contributed by atoms with Crippen molar-refractivity contribution in [1.82, 2.24) is 14.1 Å². The zero-order chi connectivity index (χ0) is 21.1. The lowest BCUT2D eigenvalue weighted by atomic mass is 9.80. The lowest BCUT2D eigenvalue weighted by Crippen LogP contribution is -2.29. The van der Waals surface area contributed by atoms with Gasteiger partial charge in [0, 0.05) is 33.5 Å². The van der Waals surface area contributed by atoms with Crippen LogP contribution < -0.4 is 0 Å². The fraction of sp³-hybridized carbons (Fsp3) is 0.560. The molecule has 4 nitrogen and oxygen atoms in total. The maximum absolute atomic E-state index is 11.5. The summed E-state index contributed by atoms with van der Waals surface area (Å²) in [5.41, 5.74) is 4.88. The van der Waals surface area contributed by atoms with Crippen molar-refractivity contribution in [1.29, 1.82) is 0 Å². The van der Waals surface area contributed by atoms with Crippen LogP contribution in [0.1, 0.15) is 93.2 Å². The zero-order valence-corrected chi connectivity index (χ0v) is 20.3. The van der Waals surface area contributed by atoms with E-state index in [1.807, 2.05) is 0 Å². The Balaban J connectivity index is 1.56. The van der Waals surface area contributed by atoms with E-state index in [1.165, 1.54) is 73.5 Å². The van der Waals surface area contributed by atoms with Crippen LogP contribution in [-0.4, -0.2) is 19.2 Å². The van der Waals surface area contributed by atoms with Crippen molar-refractivity contribution in [3.05, 3.63) is 44.4 Å². The van der Waals surface area contributed by atoms with Crippen molar-refractivity contribution in [2.24, 2.45) is 5.92 Å². The summed E-state index contributed by atoms with van der Waals surface area (Å²) in [5.74, 6) is 0.990. The van der Waals surface area contributed by atoms with Gasteiger partial charge in [-0.1, -0.05) is 54.5 Å². The molecule has 2 saturated carbocycles. The Hall–Kier alpha value is -1.53. The molecular weight excluding hydrogens is 470 g/mol. The number of hydrogen-bond donors (Lipinski definition) is 2. The number of imidazole rings is 1. The summed E-state index contributed by atoms with van der Waals surface area (Å²) in [6, 6.07) is 7.04. The summed E-state index contributed by atoms with van der Waals surface area (Å²) >= 11 is 9.76. The highest BCUT2D eigenvalue weighted by molar-refractivity contribution is 9.10. The second-order valence-corrected chi connectivity index (χ2v) is 11.1. The van der Waals surface area contributed by atoms with Crippen LogP contribution in [0.15, 0.2) is 22.7 Å². The molecule has 2 N–H and O–H groups in total. The van der Waals surface area contributed by atoms with Gasteiger partial charge in [-0.2, -0.15) is 0 Å². The third kappa shape index (κ3) is 3.16. The van der Waals surface area contributed by atoms with Gasteiger partial charge in [-0.25, -0.2) is 0 Å². The first-order valence-corrected chi connectivity index (χ1v) is 13.2. The minimum absolute atomic E-state index is 0.202. The van der Waals surface area contributed by atoms with Crippen LogP contribution >= 0.6 is 28.1 Å². The lowest BCUT2D eigenvalue weighted by molar-refractivity contribution is 0.264. The monoisotopic (exact) mass is 499 g/mol. The molecule has 0 saturated heterocycles. The number of aromatic nitrogens is 3. The van der Waals surface area contributed by atoms with Crippen LogP contribution in [0.3, 0.4) is 0 Å². The summed E-state index contributed by atoms with van der Waals surface area (Å²) in [7, 11) is 0. The molecule has 3 heterocycles. The van der Waals surface area contributed by atoms with Gasteiger partial charge in [-0.3, -0.25) is 4.57 Å². The molecule has 0 radical (unpaired) electrons. The molecule has 6 rings (SSSR count). The number of fused-ring (bicyclic) bond motifs is 4. The minimum atomic E-state index is 0.202. The topological polar surface area (TPSA) is 45.9 Å². The third-order valence-corrected chi connectivity index (χ3v) is 8.93. The molecule has 1 atom stereocenters. The number of nitrogens with one attached hydrogen (secondary N) is 1. The van der Waals surface area contributed by atoms with Crippen molar-refractivity contribution in [2.75, 3.05) is 0 Å². The first-order chi connectivity index (χ1) is 15.1. The van der Waals surface area contributed by atoms with Crippen LogP contribution in [0.5, 0.6) is 5.88 Å². The van der Waals surface area contributed by atoms with E-state index in [9.17, 15) is 5.11 Å². The zero-order valence-electron chi connectivity index (χ0n) is 17.9. The SMILES string of the molecule is Oc1c2n(c(=S)n1C1CCCCC1)C(C1CCCCC1)c1[nH]c3ccc(Br)cc3c1C2. The summed E-state index contributed by atoms with van der Waals surface area (Å²) in [4.78, 5) is 3.79. The Bertz CT molecular complexity index is 1190. The van der Waals surface area contributed by atoms with Gasteiger partial charge in [-0.05, 0) is 67.6 Å². The average molecular weight is 501 g/mol. The van der Waals surface area contributed by atoms with Crippen LogP contribution in [0.4, 0.5) is 0 Å². The molecule has 0 spiro atoms. The number of halogens is 1. The molecule has 0 bridgehead atoms. The van der Waals surface area contributed by atoms with E-state index in [4.69, 9.17) is 12.2 Å². The number of aromatic hydroxyl groups is 1. The second-order valence-electron chi connectivity index (χ2n) is 9.81. The van der Waals surface area contributed by atoms with Crippen molar-refractivity contribution in [3.8, 4) is 5.88 Å². The fourth-order valence-electron chi connectivity index (χ4n) is 6.56. The second kappa shape index (κ2) is 7.80. The molecule has 2 aromatic heterocycles. The molecule has 1 aliphatic heterocycles. The number of benzene rings is 1. The van der Waals surface area contributed by atoms with Gasteiger partial charge in [0.15, 0.2) is 4.77 Å². The van der Waals surface area contributed by atoms with Gasteiger partial charge in [-0.15, -0.1) is 0 Å². The summed E-state index contributed by atoms with van der Waals surface area (Å²) < 4.78 is 6.40. The third-order valence-electron chi connectivity index (χ3n) is 8.04. The highest BCUT2D eigenvalue weighted by Gasteiger charge is 2.39. The number of rotatable bonds is 2. The van der Waals surface area contributed by atoms with Crippen molar-refractivity contribution in [2.45, 2.75) is 82.7 Å². The van der Waals surface area contributed by atoms with E-state index in [-0.39, 0.29) is 6.04 Å². The largest absolute Gasteiger partial charge is 0.493 e. The Morgan fingerprint density at radius 3 is 2.42 bits per heavy atom. The first kappa shape index (κ1) is 20.1. The van der Waals surface area contributed by atoms with E-state index in [0.717, 1.165) is 34.2 Å². The number of H-pyrrole nitrogens is 1. The van der Waals surface area contributed by atoms with Gasteiger partial charge in [0.1, 0.15) is 0 Å². The molecule has 3 aliphatic rings. The Labute approximate surface area is 196 Å². The molecule has 1 unspecified atom stereocenters. The van der Waals surface area contributed by atoms with E-state index in [1.54, 1.807) is 0 Å². The smallest absolute Gasteiger partial charge is 0.214 e. The molecule has 3 aromatic rings. The van der Waals surface area contributed by atoms with Gasteiger partial charge < -0.3 is 14.7 Å². The molecular formula is C25H30BrN3OS. The quantitative estimate of drug-likeness (QED) is 0.357. The highest BCUT2D eigenvalue weighted by Crippen LogP contribution is 2.47. The van der Waals surface area contributed by atoms with Gasteiger partial charge in [0.25, 0.3) is 0 Å². The first-order valence-electron chi connectivity index (χ1n) is 12.0. The van der Waals surface area contributed by atoms with Crippen molar-refractivity contribution >= 4 is 39.1 Å². The molecule has 6 heteroatoms. The van der Waals surface area contributed by atoms with E-state index < -0.39 is 0 Å². The Morgan fingerprint density at radius 2 is 1.68 bits per heavy atom. The fourth-order valence-corrected chi connectivity index (χ4v) is 7.39. The van der Waals surface area contributed by atoms with Gasteiger partial charge in [0.2, 0.25) is 5.88 Å². The number of hydrogen-bond acceptors (Lipinski definition) is 2. The van der Waals surface area contributed by atoms with E-state index in [0.29, 0.717) is 17.8 Å². The summed E-state index contributed by atoms with van der Waals surface area (Å²) in [5, 5.41) is 12.7. The molecule has 2 fully saturated rings. The normalized spacial score (nSPS) is 22.5. The Morgan fingerprint density at radius 1 is 0.968 bits per heavy atom. The Kier molecular flexibility index (Phi) is 5.06. The standard InChI is InChI=1S/C25H30BrN3OS/c26-16-11-12-20-18(13-16)19-14-21-24(30)28(17-9-5-2-6-10-17)25(31)29(21)23(22(19)27-20)15-7-3-1-4-8-15/h11-13,15,17,23,27,30H,1-10,14H2. The molecule has 1 aromatic carbocycles. The maximum atomic E-state index is 11.5. The minimum Gasteiger partial charge on any atom is -0.493 e. The molecule has 31 heavy (non-hydrogen) atoms. The van der Waals surface area contributed by atoms with Crippen molar-refractivity contribution < 1.29 is 5.11 Å². The van der Waals surface area contributed by atoms with Gasteiger partial charge in [0.05, 0.1) is 11.7 Å². The van der Waals surface area contributed by atoms with E-state index >= 15 is 0 Å². The van der Waals surface area contributed by atoms with Crippen LogP contribution in [0.25, 0.3) is 10.9 Å². The van der Waals surface area contributed by atoms with Crippen LogP contribution in [0, 0.1) is 10.7 Å². The predicted octanol–water partition coefficient (Wildman–Crippen LogP) is 7.55. The number of aromatic amines is 1. The predicted molar refractivity (Wildman–Crippen MR) is 131 cm³/mol. The molecule has 0 amide bonds.